The van der Waals surface area contributed by atoms with Gasteiger partial charge in [-0.1, -0.05) is 57.1 Å². The second kappa shape index (κ2) is 22.8. The van der Waals surface area contributed by atoms with Crippen molar-refractivity contribution in [2.24, 2.45) is 0 Å². The summed E-state index contributed by atoms with van der Waals surface area (Å²) in [4.78, 5) is 24.1. The van der Waals surface area contributed by atoms with Gasteiger partial charge in [0.1, 0.15) is 49.3 Å². The van der Waals surface area contributed by atoms with E-state index in [2.05, 4.69) is 12.2 Å². The number of unbranched alkanes of at least 4 members (excludes halogenated alkanes) is 11. The summed E-state index contributed by atoms with van der Waals surface area (Å²) in [5, 5.41) is 60.6. The van der Waals surface area contributed by atoms with Crippen molar-refractivity contribution in [1.82, 2.24) is 0 Å². The van der Waals surface area contributed by atoms with Crippen LogP contribution in [0.4, 0.5) is 0 Å². The van der Waals surface area contributed by atoms with Crippen LogP contribution in [0.2, 0.25) is 0 Å². The summed E-state index contributed by atoms with van der Waals surface area (Å²) in [5.74, 6) is -1.22. The number of hydrogen-bond donors (Lipinski definition) is 6. The fourth-order valence-electron chi connectivity index (χ4n) is 5.71. The van der Waals surface area contributed by atoms with Crippen LogP contribution in [0.15, 0.2) is 12.2 Å². The van der Waals surface area contributed by atoms with E-state index in [0.29, 0.717) is 6.42 Å². The molecule has 2 heterocycles. The van der Waals surface area contributed by atoms with Crippen molar-refractivity contribution in [3.63, 3.8) is 0 Å². The van der Waals surface area contributed by atoms with E-state index in [0.717, 1.165) is 51.4 Å². The Labute approximate surface area is 272 Å². The fraction of sp³-hybridized carbons (Fsp3) is 0.879. The Morgan fingerprint density at radius 2 is 1.26 bits per heavy atom. The minimum Gasteiger partial charge on any atom is -0.463 e. The number of ether oxygens (including phenoxy) is 5. The van der Waals surface area contributed by atoms with Crippen LogP contribution >= 0.6 is 0 Å². The van der Waals surface area contributed by atoms with E-state index in [1.165, 1.54) is 32.6 Å². The molecule has 0 radical (unpaired) electrons. The monoisotopic (exact) mass is 662 g/mol. The number of aliphatic hydroxyl groups excluding tert-OH is 6. The SMILES string of the molecule is CC(=O)OCC1O[C@@H](OC2[C@H](C)OC(CO)[C@@H](O)[C@@H]2O)C(O)[C@@H](O)[C@@H]1OC(=O)CCCCCCC/C=C/CCCCCCCCO. The molecule has 2 saturated heterocycles. The second-order valence-corrected chi connectivity index (χ2v) is 12.3. The summed E-state index contributed by atoms with van der Waals surface area (Å²) >= 11 is 0. The van der Waals surface area contributed by atoms with Crippen molar-refractivity contribution < 1.29 is 63.9 Å². The van der Waals surface area contributed by atoms with E-state index in [1.807, 2.05) is 0 Å². The Bertz CT molecular complexity index is 870. The number of rotatable bonds is 22. The summed E-state index contributed by atoms with van der Waals surface area (Å²) in [6.07, 6.45) is 4.61. The predicted molar refractivity (Wildman–Crippen MR) is 166 cm³/mol. The first-order valence-electron chi connectivity index (χ1n) is 17.0. The molecule has 46 heavy (non-hydrogen) atoms. The zero-order chi connectivity index (χ0) is 33.9. The summed E-state index contributed by atoms with van der Waals surface area (Å²) in [5.41, 5.74) is 0. The van der Waals surface area contributed by atoms with Gasteiger partial charge in [-0.15, -0.1) is 0 Å². The van der Waals surface area contributed by atoms with Crippen LogP contribution in [-0.4, -0.2) is 124 Å². The molecule has 6 N–H and O–H groups in total. The molecule has 13 heteroatoms. The van der Waals surface area contributed by atoms with Gasteiger partial charge in [0.05, 0.1) is 12.7 Å². The van der Waals surface area contributed by atoms with Gasteiger partial charge in [0.2, 0.25) is 0 Å². The molecule has 0 spiro atoms. The Morgan fingerprint density at radius 1 is 0.696 bits per heavy atom. The number of carbonyl (C=O) groups excluding carboxylic acids is 2. The lowest BCUT2D eigenvalue weighted by Crippen LogP contribution is -2.64. The molecule has 0 aromatic rings. The highest BCUT2D eigenvalue weighted by atomic mass is 16.7. The van der Waals surface area contributed by atoms with Gasteiger partial charge in [-0.3, -0.25) is 9.59 Å². The van der Waals surface area contributed by atoms with Crippen molar-refractivity contribution in [1.29, 1.82) is 0 Å². The maximum atomic E-state index is 12.6. The summed E-state index contributed by atoms with van der Waals surface area (Å²) in [7, 11) is 0. The molecular weight excluding hydrogens is 604 g/mol. The molecule has 268 valence electrons. The van der Waals surface area contributed by atoms with Crippen LogP contribution in [0.25, 0.3) is 0 Å². The zero-order valence-corrected chi connectivity index (χ0v) is 27.5. The molecule has 0 bridgehead atoms. The molecule has 2 aliphatic rings. The average Bonchev–Trinajstić information content (AvgIpc) is 3.03. The molecule has 0 aliphatic carbocycles. The first-order chi connectivity index (χ1) is 22.1. The Hall–Kier alpha value is -1.68. The van der Waals surface area contributed by atoms with Gasteiger partial charge >= 0.3 is 11.9 Å². The van der Waals surface area contributed by atoms with Gasteiger partial charge in [0.15, 0.2) is 12.4 Å². The van der Waals surface area contributed by atoms with E-state index in [4.69, 9.17) is 28.8 Å². The Morgan fingerprint density at radius 3 is 1.85 bits per heavy atom. The van der Waals surface area contributed by atoms with E-state index < -0.39 is 86.4 Å². The van der Waals surface area contributed by atoms with Gasteiger partial charge < -0.3 is 54.3 Å². The van der Waals surface area contributed by atoms with Gasteiger partial charge in [-0.2, -0.15) is 0 Å². The first-order valence-corrected chi connectivity index (χ1v) is 17.0. The molecule has 2 rings (SSSR count). The topological polar surface area (TPSA) is 202 Å². The summed E-state index contributed by atoms with van der Waals surface area (Å²) in [6, 6.07) is 0. The van der Waals surface area contributed by atoms with Gasteiger partial charge in [0, 0.05) is 20.0 Å². The van der Waals surface area contributed by atoms with E-state index >= 15 is 0 Å². The van der Waals surface area contributed by atoms with Crippen molar-refractivity contribution >= 4 is 11.9 Å². The normalized spacial score (nSPS) is 31.7. The van der Waals surface area contributed by atoms with Crippen molar-refractivity contribution in [3.8, 4) is 0 Å². The first kappa shape index (κ1) is 40.5. The number of hydrogen-bond acceptors (Lipinski definition) is 13. The fourth-order valence-corrected chi connectivity index (χ4v) is 5.71. The van der Waals surface area contributed by atoms with Gasteiger partial charge in [-0.25, -0.2) is 0 Å². The lowest BCUT2D eigenvalue weighted by atomic mass is 9.95. The lowest BCUT2D eigenvalue weighted by molar-refractivity contribution is -0.341. The molecule has 4 unspecified atom stereocenters. The number of allylic oxidation sites excluding steroid dienone is 2. The van der Waals surface area contributed by atoms with Crippen LogP contribution in [0, 0.1) is 0 Å². The van der Waals surface area contributed by atoms with Gasteiger partial charge in [-0.05, 0) is 45.4 Å². The van der Waals surface area contributed by atoms with Crippen LogP contribution in [0.1, 0.15) is 104 Å². The highest BCUT2D eigenvalue weighted by Crippen LogP contribution is 2.30. The van der Waals surface area contributed by atoms with E-state index in [1.54, 1.807) is 6.92 Å². The largest absolute Gasteiger partial charge is 0.463 e. The molecule has 2 fully saturated rings. The molecule has 0 aromatic carbocycles. The van der Waals surface area contributed by atoms with Gasteiger partial charge in [0.25, 0.3) is 0 Å². The highest BCUT2D eigenvalue weighted by Gasteiger charge is 2.51. The smallest absolute Gasteiger partial charge is 0.306 e. The Balaban J connectivity index is 1.73. The van der Waals surface area contributed by atoms with Crippen LogP contribution in [0.5, 0.6) is 0 Å². The van der Waals surface area contributed by atoms with Crippen LogP contribution < -0.4 is 0 Å². The third-order valence-corrected chi connectivity index (χ3v) is 8.45. The molecule has 0 saturated carbocycles. The molecule has 0 aromatic heterocycles. The minimum atomic E-state index is -1.71. The second-order valence-electron chi connectivity index (χ2n) is 12.3. The molecule has 2 aliphatic heterocycles. The van der Waals surface area contributed by atoms with Crippen LogP contribution in [-0.2, 0) is 33.3 Å². The quantitative estimate of drug-likeness (QED) is 0.0557. The zero-order valence-electron chi connectivity index (χ0n) is 27.5. The maximum Gasteiger partial charge on any atom is 0.306 e. The lowest BCUT2D eigenvalue weighted by Gasteiger charge is -2.46. The summed E-state index contributed by atoms with van der Waals surface area (Å²) in [6.45, 7) is 2.08. The standard InChI is InChI=1S/C33H58O13/c1-22-31(28(39)27(38)24(20-35)43-22)46-33-30(41)29(40)32(25(44-33)21-42-23(2)36)45-26(37)18-16-14-12-10-8-6-4-3-5-7-9-11-13-15-17-19-34/h3-4,22,24-25,27-35,38-41H,5-21H2,1-2H3/b4-3+/t22-,24?,25?,27+,28-,29+,30?,31?,32+,33-/m0/s1. The average molecular weight is 663 g/mol. The Kier molecular flexibility index (Phi) is 20.1. The molecule has 13 nitrogen and oxygen atoms in total. The predicted octanol–water partition coefficient (Wildman–Crippen LogP) is 1.80. The van der Waals surface area contributed by atoms with Crippen LogP contribution in [0.3, 0.4) is 0 Å². The highest BCUT2D eigenvalue weighted by molar-refractivity contribution is 5.69. The number of carbonyl (C=O) groups is 2. The molecular formula is C33H58O13. The van der Waals surface area contributed by atoms with Crippen molar-refractivity contribution in [2.45, 2.75) is 165 Å². The third-order valence-electron chi connectivity index (χ3n) is 8.45. The summed E-state index contributed by atoms with van der Waals surface area (Å²) < 4.78 is 27.5. The molecule has 0 amide bonds. The number of esters is 2. The van der Waals surface area contributed by atoms with Crippen molar-refractivity contribution in [3.05, 3.63) is 12.2 Å². The van der Waals surface area contributed by atoms with E-state index in [9.17, 15) is 35.1 Å². The minimum absolute atomic E-state index is 0.104. The van der Waals surface area contributed by atoms with Crippen molar-refractivity contribution in [2.75, 3.05) is 19.8 Å². The maximum absolute atomic E-state index is 12.6. The third kappa shape index (κ3) is 14.2. The van der Waals surface area contributed by atoms with E-state index in [-0.39, 0.29) is 13.0 Å². The number of aliphatic hydroxyl groups is 6. The molecule has 10 atom stereocenters.